The molecule has 0 aromatic heterocycles. The highest BCUT2D eigenvalue weighted by molar-refractivity contribution is 5.88. The van der Waals surface area contributed by atoms with Gasteiger partial charge in [-0.15, -0.1) is 0 Å². The Kier molecular flexibility index (Phi) is 4.20. The van der Waals surface area contributed by atoms with Crippen LogP contribution >= 0.6 is 0 Å². The minimum Gasteiger partial charge on any atom is -0.384 e. The lowest BCUT2D eigenvalue weighted by atomic mass is 10.0. The van der Waals surface area contributed by atoms with Gasteiger partial charge in [-0.25, -0.2) is 0 Å². The van der Waals surface area contributed by atoms with Gasteiger partial charge < -0.3 is 15.5 Å². The van der Waals surface area contributed by atoms with Gasteiger partial charge in [0.05, 0.1) is 5.92 Å². The first-order chi connectivity index (χ1) is 8.72. The van der Waals surface area contributed by atoms with Gasteiger partial charge in [0, 0.05) is 25.3 Å². The summed E-state index contributed by atoms with van der Waals surface area (Å²) in [5.41, 5.74) is 2.20. The van der Waals surface area contributed by atoms with Crippen molar-refractivity contribution in [2.75, 3.05) is 38.5 Å². The summed E-state index contributed by atoms with van der Waals surface area (Å²) in [6.07, 6.45) is 0. The molecule has 0 saturated carbocycles. The van der Waals surface area contributed by atoms with Crippen LogP contribution in [0.25, 0.3) is 0 Å². The third kappa shape index (κ3) is 2.82. The van der Waals surface area contributed by atoms with Crippen LogP contribution < -0.4 is 10.6 Å². The Hall–Kier alpha value is -1.55. The summed E-state index contributed by atoms with van der Waals surface area (Å²) >= 11 is 0. The monoisotopic (exact) mass is 247 g/mol. The van der Waals surface area contributed by atoms with Crippen LogP contribution in [0.3, 0.4) is 0 Å². The van der Waals surface area contributed by atoms with Crippen LogP contribution in [0.15, 0.2) is 24.3 Å². The number of carbonyl (C=O) groups excluding carboxylic acids is 1. The predicted molar refractivity (Wildman–Crippen MR) is 73.9 cm³/mol. The molecule has 2 rings (SSSR count). The molecule has 18 heavy (non-hydrogen) atoms. The lowest BCUT2D eigenvalue weighted by molar-refractivity contribution is -0.122. The standard InChI is InChI=1S/C14H21N3O/c1-3-17(2)9-8-15-14(18)12-10-16-13-7-5-4-6-11(12)13/h4-7,12,16H,3,8-10H2,1-2H3,(H,15,18). The number of hydrogen-bond acceptors (Lipinski definition) is 3. The van der Waals surface area contributed by atoms with Gasteiger partial charge in [-0.3, -0.25) is 4.79 Å². The third-order valence-corrected chi connectivity index (χ3v) is 3.48. The SMILES string of the molecule is CCN(C)CCNC(=O)C1CNc2ccccc21. The molecule has 0 spiro atoms. The van der Waals surface area contributed by atoms with E-state index in [-0.39, 0.29) is 11.8 Å². The molecule has 1 atom stereocenters. The van der Waals surface area contributed by atoms with Crippen LogP contribution in [0.5, 0.6) is 0 Å². The van der Waals surface area contributed by atoms with E-state index < -0.39 is 0 Å². The molecule has 0 fully saturated rings. The van der Waals surface area contributed by atoms with Gasteiger partial charge in [0.1, 0.15) is 0 Å². The Balaban J connectivity index is 1.88. The molecular weight excluding hydrogens is 226 g/mol. The molecule has 1 aromatic carbocycles. The molecular formula is C14H21N3O. The molecule has 1 aliphatic rings. The summed E-state index contributed by atoms with van der Waals surface area (Å²) in [5.74, 6) is 0.0742. The molecule has 2 N–H and O–H groups in total. The highest BCUT2D eigenvalue weighted by atomic mass is 16.1. The lowest BCUT2D eigenvalue weighted by Crippen LogP contribution is -2.36. The average molecular weight is 247 g/mol. The maximum Gasteiger partial charge on any atom is 0.229 e. The number of nitrogens with zero attached hydrogens (tertiary/aromatic N) is 1. The first-order valence-electron chi connectivity index (χ1n) is 6.51. The molecule has 1 unspecified atom stereocenters. The van der Waals surface area contributed by atoms with E-state index in [1.807, 2.05) is 24.3 Å². The number of benzene rings is 1. The minimum absolute atomic E-state index is 0.0480. The quantitative estimate of drug-likeness (QED) is 0.823. The minimum atomic E-state index is -0.0480. The van der Waals surface area contributed by atoms with Gasteiger partial charge in [-0.2, -0.15) is 0 Å². The zero-order valence-electron chi connectivity index (χ0n) is 11.1. The summed E-state index contributed by atoms with van der Waals surface area (Å²) in [7, 11) is 2.05. The van der Waals surface area contributed by atoms with Gasteiger partial charge in [-0.05, 0) is 25.2 Å². The number of likely N-dealkylation sites (N-methyl/N-ethyl adjacent to an activating group) is 1. The summed E-state index contributed by atoms with van der Waals surface area (Å²) in [5, 5.41) is 6.28. The first-order valence-corrected chi connectivity index (χ1v) is 6.51. The second-order valence-electron chi connectivity index (χ2n) is 4.71. The van der Waals surface area contributed by atoms with Crippen molar-refractivity contribution < 1.29 is 4.79 Å². The van der Waals surface area contributed by atoms with Crippen LogP contribution in [0.2, 0.25) is 0 Å². The number of nitrogens with one attached hydrogen (secondary N) is 2. The normalized spacial score (nSPS) is 17.4. The fraction of sp³-hybridized carbons (Fsp3) is 0.500. The van der Waals surface area contributed by atoms with E-state index in [9.17, 15) is 4.79 Å². The maximum absolute atomic E-state index is 12.1. The second-order valence-corrected chi connectivity index (χ2v) is 4.71. The Bertz CT molecular complexity index is 419. The predicted octanol–water partition coefficient (Wildman–Crippen LogP) is 1.26. The topological polar surface area (TPSA) is 44.4 Å². The number of hydrogen-bond donors (Lipinski definition) is 2. The van der Waals surface area contributed by atoms with E-state index in [1.165, 1.54) is 0 Å². The molecule has 0 saturated heterocycles. The van der Waals surface area contributed by atoms with Crippen LogP contribution in [-0.2, 0) is 4.79 Å². The molecule has 0 radical (unpaired) electrons. The molecule has 1 aliphatic heterocycles. The van der Waals surface area contributed by atoms with Crippen molar-refractivity contribution >= 4 is 11.6 Å². The number of anilines is 1. The summed E-state index contributed by atoms with van der Waals surface area (Å²) in [6, 6.07) is 8.02. The van der Waals surface area contributed by atoms with Crippen molar-refractivity contribution in [2.45, 2.75) is 12.8 Å². The van der Waals surface area contributed by atoms with E-state index in [4.69, 9.17) is 0 Å². The van der Waals surface area contributed by atoms with Gasteiger partial charge in [0.2, 0.25) is 5.91 Å². The van der Waals surface area contributed by atoms with Crippen LogP contribution in [-0.4, -0.2) is 44.0 Å². The van der Waals surface area contributed by atoms with Gasteiger partial charge in [0.15, 0.2) is 0 Å². The Morgan fingerprint density at radius 1 is 1.50 bits per heavy atom. The number of para-hydroxylation sites is 1. The van der Waals surface area contributed by atoms with E-state index in [2.05, 4.69) is 29.5 Å². The molecule has 1 heterocycles. The smallest absolute Gasteiger partial charge is 0.229 e. The number of amides is 1. The van der Waals surface area contributed by atoms with Gasteiger partial charge in [-0.1, -0.05) is 25.1 Å². The lowest BCUT2D eigenvalue weighted by Gasteiger charge is -2.16. The van der Waals surface area contributed by atoms with Crippen molar-refractivity contribution in [3.63, 3.8) is 0 Å². The Morgan fingerprint density at radius 3 is 3.06 bits per heavy atom. The fourth-order valence-electron chi connectivity index (χ4n) is 2.17. The first kappa shape index (κ1) is 12.9. The van der Waals surface area contributed by atoms with E-state index >= 15 is 0 Å². The summed E-state index contributed by atoms with van der Waals surface area (Å²) < 4.78 is 0. The second kappa shape index (κ2) is 5.87. The zero-order chi connectivity index (χ0) is 13.0. The van der Waals surface area contributed by atoms with E-state index in [0.29, 0.717) is 13.1 Å². The third-order valence-electron chi connectivity index (χ3n) is 3.48. The van der Waals surface area contributed by atoms with Crippen molar-refractivity contribution in [2.24, 2.45) is 0 Å². The highest BCUT2D eigenvalue weighted by Gasteiger charge is 2.27. The molecule has 1 amide bonds. The molecule has 0 bridgehead atoms. The zero-order valence-corrected chi connectivity index (χ0v) is 11.1. The summed E-state index contributed by atoms with van der Waals surface area (Å²) in [4.78, 5) is 14.3. The molecule has 0 aliphatic carbocycles. The van der Waals surface area contributed by atoms with Crippen molar-refractivity contribution in [1.29, 1.82) is 0 Å². The van der Waals surface area contributed by atoms with Crippen LogP contribution in [0.4, 0.5) is 5.69 Å². The van der Waals surface area contributed by atoms with Crippen LogP contribution in [0, 0.1) is 0 Å². The molecule has 4 heteroatoms. The number of rotatable bonds is 5. The molecule has 98 valence electrons. The fourth-order valence-corrected chi connectivity index (χ4v) is 2.17. The van der Waals surface area contributed by atoms with Gasteiger partial charge in [0.25, 0.3) is 0 Å². The van der Waals surface area contributed by atoms with E-state index in [1.54, 1.807) is 0 Å². The van der Waals surface area contributed by atoms with Gasteiger partial charge >= 0.3 is 0 Å². The largest absolute Gasteiger partial charge is 0.384 e. The van der Waals surface area contributed by atoms with Crippen molar-refractivity contribution in [1.82, 2.24) is 10.2 Å². The number of fused-ring (bicyclic) bond motifs is 1. The Morgan fingerprint density at radius 2 is 2.28 bits per heavy atom. The Labute approximate surface area is 108 Å². The highest BCUT2D eigenvalue weighted by Crippen LogP contribution is 2.30. The molecule has 4 nitrogen and oxygen atoms in total. The average Bonchev–Trinajstić information content (AvgIpc) is 2.82. The van der Waals surface area contributed by atoms with Crippen molar-refractivity contribution in [3.8, 4) is 0 Å². The van der Waals surface area contributed by atoms with E-state index in [0.717, 1.165) is 24.3 Å². The maximum atomic E-state index is 12.1. The number of carbonyl (C=O) groups is 1. The van der Waals surface area contributed by atoms with Crippen molar-refractivity contribution in [3.05, 3.63) is 29.8 Å². The summed E-state index contributed by atoms with van der Waals surface area (Å²) in [6.45, 7) is 5.42. The van der Waals surface area contributed by atoms with Crippen LogP contribution in [0.1, 0.15) is 18.4 Å². The molecule has 1 aromatic rings.